The van der Waals surface area contributed by atoms with Crippen molar-refractivity contribution in [1.82, 2.24) is 14.5 Å². The van der Waals surface area contributed by atoms with Crippen LogP contribution in [0.1, 0.15) is 6.42 Å². The Hall–Kier alpha value is -3.18. The van der Waals surface area contributed by atoms with E-state index >= 15 is 0 Å². The molecule has 0 aliphatic heterocycles. The Balaban J connectivity index is 1.93. The van der Waals surface area contributed by atoms with Gasteiger partial charge in [-0.05, 0) is 24.1 Å². The molecule has 0 bridgehead atoms. The minimum Gasteiger partial charge on any atom is -0.396 e. The van der Waals surface area contributed by atoms with Gasteiger partial charge in [0.15, 0.2) is 5.65 Å². The molecule has 4 aromatic rings. The third-order valence-electron chi connectivity index (χ3n) is 4.33. The normalized spacial score (nSPS) is 11.0. The van der Waals surface area contributed by atoms with E-state index in [2.05, 4.69) is 50.3 Å². The fourth-order valence-electron chi connectivity index (χ4n) is 3.10. The van der Waals surface area contributed by atoms with Gasteiger partial charge in [-0.3, -0.25) is 0 Å². The first-order chi connectivity index (χ1) is 12.9. The topological polar surface area (TPSA) is 63.0 Å². The molecule has 5 nitrogen and oxygen atoms in total. The van der Waals surface area contributed by atoms with Gasteiger partial charge in [0.25, 0.3) is 0 Å². The molecule has 0 aliphatic rings. The summed E-state index contributed by atoms with van der Waals surface area (Å²) in [5.74, 6) is 0.789. The van der Waals surface area contributed by atoms with Crippen molar-refractivity contribution in [2.45, 2.75) is 6.42 Å². The Bertz CT molecular complexity index is 997. The number of aromatic nitrogens is 3. The van der Waals surface area contributed by atoms with Crippen molar-refractivity contribution in [3.63, 3.8) is 0 Å². The Labute approximate surface area is 152 Å². The van der Waals surface area contributed by atoms with Gasteiger partial charge in [-0.1, -0.05) is 48.5 Å². The standard InChI is InChI=1S/C21H20N4O/c26-13-7-12-22-20-19-18(16-8-3-1-4-9-16)14-25(21(19)24-15-23-20)17-10-5-2-6-11-17/h1-6,8-11,14-15,26H,7,12-13H2,(H,22,23,24). The highest BCUT2D eigenvalue weighted by atomic mass is 16.3. The zero-order valence-electron chi connectivity index (χ0n) is 14.3. The Morgan fingerprint density at radius 1 is 0.923 bits per heavy atom. The second-order valence-electron chi connectivity index (χ2n) is 6.04. The average Bonchev–Trinajstić information content (AvgIpc) is 3.10. The first kappa shape index (κ1) is 16.3. The first-order valence-corrected chi connectivity index (χ1v) is 8.70. The molecule has 0 saturated carbocycles. The molecule has 0 aliphatic carbocycles. The fourth-order valence-corrected chi connectivity index (χ4v) is 3.10. The van der Waals surface area contributed by atoms with Gasteiger partial charge >= 0.3 is 0 Å². The van der Waals surface area contributed by atoms with Crippen LogP contribution in [0.15, 0.2) is 73.2 Å². The van der Waals surface area contributed by atoms with Gasteiger partial charge in [0, 0.05) is 30.6 Å². The lowest BCUT2D eigenvalue weighted by Gasteiger charge is -2.08. The van der Waals surface area contributed by atoms with E-state index < -0.39 is 0 Å². The summed E-state index contributed by atoms with van der Waals surface area (Å²) in [6.07, 6.45) is 4.37. The molecule has 0 radical (unpaired) electrons. The van der Waals surface area contributed by atoms with Crippen molar-refractivity contribution < 1.29 is 5.11 Å². The highest BCUT2D eigenvalue weighted by Crippen LogP contribution is 2.35. The van der Waals surface area contributed by atoms with Crippen molar-refractivity contribution in [2.75, 3.05) is 18.5 Å². The summed E-state index contributed by atoms with van der Waals surface area (Å²) in [4.78, 5) is 9.01. The summed E-state index contributed by atoms with van der Waals surface area (Å²) in [6, 6.07) is 20.4. The number of anilines is 1. The van der Waals surface area contributed by atoms with Crippen molar-refractivity contribution in [3.8, 4) is 16.8 Å². The number of benzene rings is 2. The zero-order valence-corrected chi connectivity index (χ0v) is 14.3. The third kappa shape index (κ3) is 3.05. The molecule has 2 N–H and O–H groups in total. The molecular weight excluding hydrogens is 324 g/mol. The van der Waals surface area contributed by atoms with Crippen molar-refractivity contribution in [2.24, 2.45) is 0 Å². The van der Waals surface area contributed by atoms with E-state index in [0.717, 1.165) is 33.7 Å². The van der Waals surface area contributed by atoms with Crippen LogP contribution in [-0.2, 0) is 0 Å². The Morgan fingerprint density at radius 2 is 1.65 bits per heavy atom. The average molecular weight is 344 g/mol. The molecule has 2 heterocycles. The molecule has 0 amide bonds. The van der Waals surface area contributed by atoms with Gasteiger partial charge in [0.05, 0.1) is 5.39 Å². The number of rotatable bonds is 6. The van der Waals surface area contributed by atoms with Crippen LogP contribution in [0, 0.1) is 0 Å². The van der Waals surface area contributed by atoms with E-state index in [1.165, 1.54) is 0 Å². The van der Waals surface area contributed by atoms with Crippen LogP contribution in [-0.4, -0.2) is 32.8 Å². The summed E-state index contributed by atoms with van der Waals surface area (Å²) in [5.41, 5.74) is 4.11. The largest absolute Gasteiger partial charge is 0.396 e. The predicted octanol–water partition coefficient (Wildman–Crippen LogP) is 3.88. The number of aliphatic hydroxyl groups excluding tert-OH is 1. The maximum absolute atomic E-state index is 9.07. The van der Waals surface area contributed by atoms with Gasteiger partial charge in [0.1, 0.15) is 12.1 Å². The van der Waals surface area contributed by atoms with E-state index in [1.807, 2.05) is 36.4 Å². The van der Waals surface area contributed by atoms with Crippen LogP contribution < -0.4 is 5.32 Å². The summed E-state index contributed by atoms with van der Waals surface area (Å²) < 4.78 is 2.09. The number of hydrogen-bond acceptors (Lipinski definition) is 4. The number of aliphatic hydroxyl groups is 1. The first-order valence-electron chi connectivity index (χ1n) is 8.70. The van der Waals surface area contributed by atoms with Crippen LogP contribution >= 0.6 is 0 Å². The van der Waals surface area contributed by atoms with Gasteiger partial charge in [-0.25, -0.2) is 9.97 Å². The maximum atomic E-state index is 9.07. The summed E-state index contributed by atoms with van der Waals surface area (Å²) in [5, 5.41) is 13.4. The van der Waals surface area contributed by atoms with Crippen LogP contribution in [0.4, 0.5) is 5.82 Å². The summed E-state index contributed by atoms with van der Waals surface area (Å²) in [7, 11) is 0. The van der Waals surface area contributed by atoms with E-state index in [-0.39, 0.29) is 6.61 Å². The zero-order chi connectivity index (χ0) is 17.8. The number of nitrogens with zero attached hydrogens (tertiary/aromatic N) is 3. The highest BCUT2D eigenvalue weighted by Gasteiger charge is 2.16. The van der Waals surface area contributed by atoms with Crippen LogP contribution in [0.25, 0.3) is 27.8 Å². The minimum atomic E-state index is 0.151. The molecule has 4 rings (SSSR count). The number of hydrogen-bond donors (Lipinski definition) is 2. The molecule has 2 aromatic carbocycles. The number of fused-ring (bicyclic) bond motifs is 1. The van der Waals surface area contributed by atoms with Crippen LogP contribution in [0.5, 0.6) is 0 Å². The molecular formula is C21H20N4O. The lowest BCUT2D eigenvalue weighted by atomic mass is 10.1. The SMILES string of the molecule is OCCCNc1ncnc2c1c(-c1ccccc1)cn2-c1ccccc1. The van der Waals surface area contributed by atoms with Crippen molar-refractivity contribution >= 4 is 16.9 Å². The number of nitrogens with one attached hydrogen (secondary N) is 1. The fraction of sp³-hybridized carbons (Fsp3) is 0.143. The minimum absolute atomic E-state index is 0.151. The lowest BCUT2D eigenvalue weighted by molar-refractivity contribution is 0.292. The van der Waals surface area contributed by atoms with E-state index in [9.17, 15) is 0 Å². The number of para-hydroxylation sites is 1. The van der Waals surface area contributed by atoms with Crippen molar-refractivity contribution in [3.05, 3.63) is 73.2 Å². The van der Waals surface area contributed by atoms with Gasteiger partial charge < -0.3 is 15.0 Å². The van der Waals surface area contributed by atoms with Crippen LogP contribution in [0.3, 0.4) is 0 Å². The molecule has 0 atom stereocenters. The Kier molecular flexibility index (Phi) is 4.62. The van der Waals surface area contributed by atoms with E-state index in [0.29, 0.717) is 13.0 Å². The third-order valence-corrected chi connectivity index (χ3v) is 4.33. The highest BCUT2D eigenvalue weighted by molar-refractivity contribution is 6.02. The molecule has 0 saturated heterocycles. The quantitative estimate of drug-likeness (QED) is 0.521. The lowest BCUT2D eigenvalue weighted by Crippen LogP contribution is -2.06. The maximum Gasteiger partial charge on any atom is 0.150 e. The molecule has 130 valence electrons. The smallest absolute Gasteiger partial charge is 0.150 e. The van der Waals surface area contributed by atoms with Crippen LogP contribution in [0.2, 0.25) is 0 Å². The van der Waals surface area contributed by atoms with Gasteiger partial charge in [-0.15, -0.1) is 0 Å². The molecule has 0 spiro atoms. The molecule has 5 heteroatoms. The monoisotopic (exact) mass is 344 g/mol. The summed E-state index contributed by atoms with van der Waals surface area (Å²) >= 11 is 0. The van der Waals surface area contributed by atoms with Gasteiger partial charge in [0.2, 0.25) is 0 Å². The van der Waals surface area contributed by atoms with E-state index in [1.54, 1.807) is 6.33 Å². The molecule has 2 aromatic heterocycles. The summed E-state index contributed by atoms with van der Waals surface area (Å²) in [6.45, 7) is 0.811. The predicted molar refractivity (Wildman–Crippen MR) is 104 cm³/mol. The molecule has 0 unspecified atom stereocenters. The molecule has 26 heavy (non-hydrogen) atoms. The van der Waals surface area contributed by atoms with E-state index in [4.69, 9.17) is 5.11 Å². The second kappa shape index (κ2) is 7.37. The Morgan fingerprint density at radius 3 is 2.38 bits per heavy atom. The second-order valence-corrected chi connectivity index (χ2v) is 6.04. The van der Waals surface area contributed by atoms with Crippen molar-refractivity contribution in [1.29, 1.82) is 0 Å². The molecule has 0 fully saturated rings. The van der Waals surface area contributed by atoms with Gasteiger partial charge in [-0.2, -0.15) is 0 Å².